The molecule has 0 spiro atoms. The summed E-state index contributed by atoms with van der Waals surface area (Å²) in [5.74, 6) is 0.565. The van der Waals surface area contributed by atoms with Crippen molar-refractivity contribution in [2.24, 2.45) is 0 Å². The highest BCUT2D eigenvalue weighted by molar-refractivity contribution is 7.99. The average molecular weight is 336 g/mol. The van der Waals surface area contributed by atoms with Gasteiger partial charge in [0.15, 0.2) is 5.16 Å². The van der Waals surface area contributed by atoms with Crippen LogP contribution in [0.1, 0.15) is 17.0 Å². The Hall–Kier alpha value is -2.60. The third-order valence-corrected chi connectivity index (χ3v) is 5.01. The van der Waals surface area contributed by atoms with Crippen molar-refractivity contribution < 1.29 is 4.79 Å². The van der Waals surface area contributed by atoms with Crippen LogP contribution in [0.3, 0.4) is 0 Å². The molecule has 6 heteroatoms. The lowest BCUT2D eigenvalue weighted by atomic mass is 9.96. The van der Waals surface area contributed by atoms with Crippen molar-refractivity contribution in [2.45, 2.75) is 11.1 Å². The van der Waals surface area contributed by atoms with Crippen LogP contribution in [-0.4, -0.2) is 33.4 Å². The Morgan fingerprint density at radius 1 is 1.08 bits per heavy atom. The summed E-state index contributed by atoms with van der Waals surface area (Å²) >= 11 is 1.54. The molecule has 4 rings (SSSR count). The number of carbonyl (C=O) groups excluding carboxylic acids is 1. The van der Waals surface area contributed by atoms with Gasteiger partial charge < -0.3 is 5.32 Å². The molecule has 1 heterocycles. The second-order valence-electron chi connectivity index (χ2n) is 5.54. The van der Waals surface area contributed by atoms with Gasteiger partial charge in [0.05, 0.1) is 5.92 Å². The maximum atomic E-state index is 12.8. The smallest absolute Gasteiger partial charge is 0.232 e. The first-order chi connectivity index (χ1) is 11.8. The lowest BCUT2D eigenvalue weighted by molar-refractivity contribution is -0.121. The van der Waals surface area contributed by atoms with Crippen LogP contribution in [0.2, 0.25) is 0 Å². The standard InChI is InChI=1S/C18H16N4OS/c23-17(19-9-10-24-18-20-11-21-22-18)16-14-7-3-1-5-12(14)13-6-2-4-8-15(13)16/h1-8,11,16H,9-10H2,(H,19,23)(H,20,21,22). The molecule has 0 fully saturated rings. The molecule has 1 aliphatic rings. The van der Waals surface area contributed by atoms with E-state index in [1.807, 2.05) is 36.4 Å². The SMILES string of the molecule is O=C(NCCSc1ncn[nH]1)C1c2ccccc2-c2ccccc21. The molecule has 0 saturated carbocycles. The van der Waals surface area contributed by atoms with Gasteiger partial charge in [0.25, 0.3) is 0 Å². The molecule has 0 aliphatic heterocycles. The van der Waals surface area contributed by atoms with Crippen LogP contribution in [0.5, 0.6) is 0 Å². The van der Waals surface area contributed by atoms with E-state index in [1.54, 1.807) is 0 Å². The quantitative estimate of drug-likeness (QED) is 0.555. The number of hydrogen-bond donors (Lipinski definition) is 2. The zero-order chi connectivity index (χ0) is 16.4. The number of aromatic amines is 1. The maximum Gasteiger partial charge on any atom is 0.232 e. The van der Waals surface area contributed by atoms with E-state index >= 15 is 0 Å². The first-order valence-corrected chi connectivity index (χ1v) is 8.77. The number of aromatic nitrogens is 3. The Labute approximate surface area is 143 Å². The molecule has 0 radical (unpaired) electrons. The summed E-state index contributed by atoms with van der Waals surface area (Å²) in [6.07, 6.45) is 1.48. The highest BCUT2D eigenvalue weighted by Gasteiger charge is 2.32. The highest BCUT2D eigenvalue weighted by Crippen LogP contribution is 2.44. The molecule has 0 saturated heterocycles. The fourth-order valence-corrected chi connectivity index (χ4v) is 3.76. The summed E-state index contributed by atoms with van der Waals surface area (Å²) in [5, 5.41) is 10.4. The van der Waals surface area contributed by atoms with Crippen molar-refractivity contribution in [1.82, 2.24) is 20.5 Å². The van der Waals surface area contributed by atoms with Gasteiger partial charge in [0, 0.05) is 12.3 Å². The van der Waals surface area contributed by atoms with Crippen molar-refractivity contribution in [3.63, 3.8) is 0 Å². The molecular formula is C18H16N4OS. The number of benzene rings is 2. The third-order valence-electron chi connectivity index (χ3n) is 4.13. The van der Waals surface area contributed by atoms with Crippen LogP contribution < -0.4 is 5.32 Å². The van der Waals surface area contributed by atoms with Gasteiger partial charge >= 0.3 is 0 Å². The Balaban J connectivity index is 1.48. The minimum Gasteiger partial charge on any atom is -0.354 e. The van der Waals surface area contributed by atoms with Crippen LogP contribution in [0, 0.1) is 0 Å². The molecule has 0 atom stereocenters. The maximum absolute atomic E-state index is 12.8. The first kappa shape index (κ1) is 15.0. The van der Waals surface area contributed by atoms with E-state index in [4.69, 9.17) is 0 Å². The van der Waals surface area contributed by atoms with Gasteiger partial charge in [-0.3, -0.25) is 9.89 Å². The van der Waals surface area contributed by atoms with Crippen LogP contribution in [0.4, 0.5) is 0 Å². The molecule has 1 amide bonds. The second kappa shape index (κ2) is 6.49. The summed E-state index contributed by atoms with van der Waals surface area (Å²) in [6, 6.07) is 16.3. The minimum atomic E-state index is -0.229. The molecule has 3 aromatic rings. The van der Waals surface area contributed by atoms with E-state index in [2.05, 4.69) is 32.6 Å². The van der Waals surface area contributed by atoms with Gasteiger partial charge in [-0.05, 0) is 22.3 Å². The molecular weight excluding hydrogens is 320 g/mol. The van der Waals surface area contributed by atoms with Crippen molar-refractivity contribution in [2.75, 3.05) is 12.3 Å². The van der Waals surface area contributed by atoms with Crippen LogP contribution in [0.25, 0.3) is 11.1 Å². The van der Waals surface area contributed by atoms with E-state index in [0.29, 0.717) is 6.54 Å². The van der Waals surface area contributed by atoms with Gasteiger partial charge in [0.1, 0.15) is 6.33 Å². The fraction of sp³-hybridized carbons (Fsp3) is 0.167. The van der Waals surface area contributed by atoms with Gasteiger partial charge in [-0.15, -0.1) is 0 Å². The second-order valence-corrected chi connectivity index (χ2v) is 6.62. The van der Waals surface area contributed by atoms with Crippen molar-refractivity contribution in [1.29, 1.82) is 0 Å². The lowest BCUT2D eigenvalue weighted by Crippen LogP contribution is -2.30. The predicted octanol–water partition coefficient (Wildman–Crippen LogP) is 2.83. The van der Waals surface area contributed by atoms with E-state index < -0.39 is 0 Å². The number of H-pyrrole nitrogens is 1. The van der Waals surface area contributed by atoms with Crippen LogP contribution >= 0.6 is 11.8 Å². The number of thioether (sulfide) groups is 1. The number of carbonyl (C=O) groups is 1. The van der Waals surface area contributed by atoms with E-state index in [0.717, 1.165) is 33.2 Å². The number of amides is 1. The van der Waals surface area contributed by atoms with E-state index in [-0.39, 0.29) is 11.8 Å². The van der Waals surface area contributed by atoms with Crippen molar-refractivity contribution in [3.8, 4) is 11.1 Å². The fourth-order valence-electron chi connectivity index (χ4n) is 3.13. The molecule has 1 aliphatic carbocycles. The lowest BCUT2D eigenvalue weighted by Gasteiger charge is -2.13. The van der Waals surface area contributed by atoms with Gasteiger partial charge in [-0.2, -0.15) is 5.10 Å². The largest absolute Gasteiger partial charge is 0.354 e. The Bertz CT molecular complexity index is 817. The summed E-state index contributed by atoms with van der Waals surface area (Å²) in [7, 11) is 0. The van der Waals surface area contributed by atoms with Gasteiger partial charge in [0.2, 0.25) is 5.91 Å². The number of nitrogens with one attached hydrogen (secondary N) is 2. The van der Waals surface area contributed by atoms with Crippen molar-refractivity contribution >= 4 is 17.7 Å². The average Bonchev–Trinajstić information content (AvgIpc) is 3.24. The molecule has 5 nitrogen and oxygen atoms in total. The summed E-state index contributed by atoms with van der Waals surface area (Å²) in [4.78, 5) is 16.8. The number of nitrogens with zero attached hydrogens (tertiary/aromatic N) is 2. The highest BCUT2D eigenvalue weighted by atomic mass is 32.2. The Morgan fingerprint density at radius 2 is 1.75 bits per heavy atom. The summed E-state index contributed by atoms with van der Waals surface area (Å²) in [5.41, 5.74) is 4.48. The zero-order valence-corrected chi connectivity index (χ0v) is 13.7. The van der Waals surface area contributed by atoms with Crippen molar-refractivity contribution in [3.05, 3.63) is 66.0 Å². The topological polar surface area (TPSA) is 70.7 Å². The molecule has 24 heavy (non-hydrogen) atoms. The number of fused-ring (bicyclic) bond motifs is 3. The normalized spacial score (nSPS) is 12.7. The molecule has 0 bridgehead atoms. The first-order valence-electron chi connectivity index (χ1n) is 7.78. The monoisotopic (exact) mass is 336 g/mol. The van der Waals surface area contributed by atoms with Gasteiger partial charge in [-0.25, -0.2) is 4.98 Å². The predicted molar refractivity (Wildman–Crippen MR) is 93.8 cm³/mol. The van der Waals surface area contributed by atoms with E-state index in [9.17, 15) is 4.79 Å². The van der Waals surface area contributed by atoms with Crippen LogP contribution in [-0.2, 0) is 4.79 Å². The molecule has 0 unspecified atom stereocenters. The molecule has 120 valence electrons. The molecule has 2 N–H and O–H groups in total. The minimum absolute atomic E-state index is 0.0468. The van der Waals surface area contributed by atoms with Crippen LogP contribution in [0.15, 0.2) is 60.0 Å². The summed E-state index contributed by atoms with van der Waals surface area (Å²) in [6.45, 7) is 0.588. The third kappa shape index (κ3) is 2.69. The zero-order valence-electron chi connectivity index (χ0n) is 12.9. The number of hydrogen-bond acceptors (Lipinski definition) is 4. The summed E-state index contributed by atoms with van der Waals surface area (Å²) < 4.78 is 0. The Kier molecular flexibility index (Phi) is 4.04. The van der Waals surface area contributed by atoms with E-state index in [1.165, 1.54) is 18.1 Å². The number of rotatable bonds is 5. The van der Waals surface area contributed by atoms with Gasteiger partial charge in [-0.1, -0.05) is 60.3 Å². The Morgan fingerprint density at radius 3 is 2.38 bits per heavy atom. The molecule has 2 aromatic carbocycles. The molecule has 1 aromatic heterocycles.